The van der Waals surface area contributed by atoms with Gasteiger partial charge in [-0.3, -0.25) is 0 Å². The largest absolute Gasteiger partial charge is 0.394 e. The van der Waals surface area contributed by atoms with Crippen LogP contribution in [0.4, 0.5) is 13.2 Å². The van der Waals surface area contributed by atoms with Crippen molar-refractivity contribution in [1.82, 2.24) is 10.2 Å². The van der Waals surface area contributed by atoms with Crippen molar-refractivity contribution in [2.45, 2.75) is 19.0 Å². The van der Waals surface area contributed by atoms with Crippen molar-refractivity contribution in [2.24, 2.45) is 11.8 Å². The summed E-state index contributed by atoms with van der Waals surface area (Å²) in [7, 11) is 0. The van der Waals surface area contributed by atoms with Crippen LogP contribution in [0.5, 0.6) is 0 Å². The van der Waals surface area contributed by atoms with Crippen LogP contribution < -0.4 is 5.32 Å². The minimum atomic E-state index is -4.09. The lowest BCUT2D eigenvalue weighted by Crippen LogP contribution is -2.38. The lowest BCUT2D eigenvalue weighted by Gasteiger charge is -2.26. The molecule has 18 heavy (non-hydrogen) atoms. The second-order valence-electron chi connectivity index (χ2n) is 5.26. The molecule has 2 unspecified atom stereocenters. The van der Waals surface area contributed by atoms with Crippen molar-refractivity contribution in [2.75, 3.05) is 45.9 Å². The summed E-state index contributed by atoms with van der Waals surface area (Å²) >= 11 is 0. The zero-order chi connectivity index (χ0) is 13.0. The van der Waals surface area contributed by atoms with E-state index in [9.17, 15) is 13.2 Å². The second kappa shape index (κ2) is 6.21. The average Bonchev–Trinajstić information content (AvgIpc) is 2.69. The molecule has 0 spiro atoms. The Kier molecular flexibility index (Phi) is 4.86. The maximum atomic E-state index is 12.7. The third-order valence-corrected chi connectivity index (χ3v) is 3.81. The zero-order valence-electron chi connectivity index (χ0n) is 10.5. The number of halogens is 3. The molecule has 0 radical (unpaired) electrons. The summed E-state index contributed by atoms with van der Waals surface area (Å²) in [5, 5.41) is 2.88. The smallest absolute Gasteiger partial charge is 0.381 e. The van der Waals surface area contributed by atoms with E-state index in [4.69, 9.17) is 4.74 Å². The van der Waals surface area contributed by atoms with Crippen molar-refractivity contribution in [3.8, 4) is 0 Å². The molecule has 1 N–H and O–H groups in total. The van der Waals surface area contributed by atoms with Crippen LogP contribution in [-0.4, -0.2) is 57.0 Å². The second-order valence-corrected chi connectivity index (χ2v) is 5.26. The Morgan fingerprint density at radius 3 is 2.83 bits per heavy atom. The zero-order valence-corrected chi connectivity index (χ0v) is 10.5. The maximum absolute atomic E-state index is 12.7. The maximum Gasteiger partial charge on any atom is 0.394 e. The Morgan fingerprint density at radius 2 is 2.17 bits per heavy atom. The fraction of sp³-hybridized carbons (Fsp3) is 1.00. The highest BCUT2D eigenvalue weighted by atomic mass is 19.4. The van der Waals surface area contributed by atoms with E-state index in [0.717, 1.165) is 32.6 Å². The molecule has 106 valence electrons. The molecule has 2 aliphatic rings. The molecule has 3 nitrogen and oxygen atoms in total. The number of nitrogens with one attached hydrogen (secondary N) is 1. The highest BCUT2D eigenvalue weighted by molar-refractivity contribution is 4.79. The van der Waals surface area contributed by atoms with Crippen molar-refractivity contribution >= 4 is 0 Å². The van der Waals surface area contributed by atoms with Crippen molar-refractivity contribution in [3.63, 3.8) is 0 Å². The molecule has 2 fully saturated rings. The molecule has 2 rings (SSSR count). The van der Waals surface area contributed by atoms with Gasteiger partial charge in [0.25, 0.3) is 0 Å². The van der Waals surface area contributed by atoms with Crippen molar-refractivity contribution in [3.05, 3.63) is 0 Å². The highest BCUT2D eigenvalue weighted by Gasteiger charge is 2.40. The van der Waals surface area contributed by atoms with Gasteiger partial charge in [0.05, 0.1) is 5.92 Å². The Labute approximate surface area is 106 Å². The number of nitrogens with zero attached hydrogens (tertiary/aromatic N) is 1. The molecular weight excluding hydrogens is 245 g/mol. The van der Waals surface area contributed by atoms with Crippen LogP contribution in [0.1, 0.15) is 12.8 Å². The van der Waals surface area contributed by atoms with Crippen molar-refractivity contribution in [1.29, 1.82) is 0 Å². The number of hydrogen-bond donors (Lipinski definition) is 1. The lowest BCUT2D eigenvalue weighted by atomic mass is 10.0. The number of rotatable bonds is 3. The van der Waals surface area contributed by atoms with Gasteiger partial charge in [-0.1, -0.05) is 0 Å². The van der Waals surface area contributed by atoms with Gasteiger partial charge in [0.15, 0.2) is 0 Å². The van der Waals surface area contributed by atoms with Gasteiger partial charge in [-0.05, 0) is 25.3 Å². The monoisotopic (exact) mass is 266 g/mol. The fourth-order valence-corrected chi connectivity index (χ4v) is 2.58. The molecule has 2 aliphatic heterocycles. The quantitative estimate of drug-likeness (QED) is 0.838. The first kappa shape index (κ1) is 14.1. The van der Waals surface area contributed by atoms with E-state index in [2.05, 4.69) is 5.32 Å². The molecule has 2 saturated heterocycles. The van der Waals surface area contributed by atoms with Gasteiger partial charge < -0.3 is 15.0 Å². The standard InChI is InChI=1S/C12H21F3N2O/c13-12(14,15)11-7-16-3-5-17(8-11)4-1-10-2-6-18-9-10/h10-11,16H,1-9H2. The number of ether oxygens (including phenoxy) is 1. The van der Waals surface area contributed by atoms with E-state index >= 15 is 0 Å². The Hall–Kier alpha value is -0.330. The van der Waals surface area contributed by atoms with Crippen LogP contribution in [0.2, 0.25) is 0 Å². The molecule has 0 amide bonds. The lowest BCUT2D eigenvalue weighted by molar-refractivity contribution is -0.175. The molecule has 0 saturated carbocycles. The Balaban J connectivity index is 1.79. The highest BCUT2D eigenvalue weighted by Crippen LogP contribution is 2.27. The van der Waals surface area contributed by atoms with Gasteiger partial charge in [0.2, 0.25) is 0 Å². The summed E-state index contributed by atoms with van der Waals surface area (Å²) in [4.78, 5) is 1.94. The van der Waals surface area contributed by atoms with E-state index in [1.165, 1.54) is 0 Å². The molecule has 0 aromatic heterocycles. The molecule has 2 atom stereocenters. The van der Waals surface area contributed by atoms with Crippen LogP contribution in [0, 0.1) is 11.8 Å². The van der Waals surface area contributed by atoms with E-state index in [-0.39, 0.29) is 13.1 Å². The first-order valence-corrected chi connectivity index (χ1v) is 6.63. The molecule has 0 aliphatic carbocycles. The first-order chi connectivity index (χ1) is 8.55. The van der Waals surface area contributed by atoms with Crippen molar-refractivity contribution < 1.29 is 17.9 Å². The van der Waals surface area contributed by atoms with E-state index < -0.39 is 12.1 Å². The van der Waals surface area contributed by atoms with Crippen LogP contribution in [0.15, 0.2) is 0 Å². The molecule has 0 aromatic rings. The normalized spacial score (nSPS) is 31.5. The van der Waals surface area contributed by atoms with Gasteiger partial charge >= 0.3 is 6.18 Å². The molecule has 6 heteroatoms. The van der Waals surface area contributed by atoms with E-state index in [1.807, 2.05) is 4.90 Å². The fourth-order valence-electron chi connectivity index (χ4n) is 2.58. The third-order valence-electron chi connectivity index (χ3n) is 3.81. The van der Waals surface area contributed by atoms with Gasteiger partial charge in [0.1, 0.15) is 0 Å². The summed E-state index contributed by atoms with van der Waals surface area (Å²) in [6.45, 7) is 3.86. The molecule has 2 heterocycles. The van der Waals surface area contributed by atoms with E-state index in [0.29, 0.717) is 19.0 Å². The third kappa shape index (κ3) is 4.10. The van der Waals surface area contributed by atoms with Gasteiger partial charge in [0, 0.05) is 39.4 Å². The predicted octanol–water partition coefficient (Wildman–Crippen LogP) is 1.50. The number of alkyl halides is 3. The summed E-state index contributed by atoms with van der Waals surface area (Å²) in [6.07, 6.45) is -2.09. The summed E-state index contributed by atoms with van der Waals surface area (Å²) in [6, 6.07) is 0. The average molecular weight is 266 g/mol. The van der Waals surface area contributed by atoms with E-state index in [1.54, 1.807) is 0 Å². The molecular formula is C12H21F3N2O. The number of hydrogen-bond acceptors (Lipinski definition) is 3. The van der Waals surface area contributed by atoms with Crippen LogP contribution in [0.25, 0.3) is 0 Å². The topological polar surface area (TPSA) is 24.5 Å². The summed E-state index contributed by atoms with van der Waals surface area (Å²) < 4.78 is 43.5. The minimum absolute atomic E-state index is 0.0482. The van der Waals surface area contributed by atoms with Crippen LogP contribution in [-0.2, 0) is 4.74 Å². The predicted molar refractivity (Wildman–Crippen MR) is 62.4 cm³/mol. The molecule has 0 aromatic carbocycles. The summed E-state index contributed by atoms with van der Waals surface area (Å²) in [5.41, 5.74) is 0. The van der Waals surface area contributed by atoms with Crippen LogP contribution >= 0.6 is 0 Å². The van der Waals surface area contributed by atoms with Crippen LogP contribution in [0.3, 0.4) is 0 Å². The van der Waals surface area contributed by atoms with Gasteiger partial charge in [-0.15, -0.1) is 0 Å². The van der Waals surface area contributed by atoms with Gasteiger partial charge in [-0.2, -0.15) is 13.2 Å². The first-order valence-electron chi connectivity index (χ1n) is 6.63. The SMILES string of the molecule is FC(F)(F)C1CNCCN(CCC2CCOC2)C1. The van der Waals surface area contributed by atoms with Gasteiger partial charge in [-0.25, -0.2) is 0 Å². The summed E-state index contributed by atoms with van der Waals surface area (Å²) in [5.74, 6) is -0.703. The Bertz CT molecular complexity index is 254. The minimum Gasteiger partial charge on any atom is -0.381 e. The Morgan fingerprint density at radius 1 is 1.33 bits per heavy atom. The molecule has 0 bridgehead atoms.